The Labute approximate surface area is 165 Å². The van der Waals surface area contributed by atoms with E-state index >= 15 is 0 Å². The first-order chi connectivity index (χ1) is 13.0. The summed E-state index contributed by atoms with van der Waals surface area (Å²) in [4.78, 5) is 48.4. The van der Waals surface area contributed by atoms with Gasteiger partial charge in [0.2, 0.25) is 12.4 Å². The summed E-state index contributed by atoms with van der Waals surface area (Å²) in [5.74, 6) is -3.87. The lowest BCUT2D eigenvalue weighted by Gasteiger charge is -2.39. The van der Waals surface area contributed by atoms with Crippen molar-refractivity contribution in [2.75, 3.05) is 7.11 Å². The third kappa shape index (κ3) is 6.47. The van der Waals surface area contributed by atoms with Crippen molar-refractivity contribution in [3.05, 3.63) is 0 Å². The summed E-state index contributed by atoms with van der Waals surface area (Å²) in [7, 11) is 1.18. The van der Waals surface area contributed by atoms with Gasteiger partial charge in [0.1, 0.15) is 6.10 Å². The first kappa shape index (κ1) is 23.9. The Morgan fingerprint density at radius 3 is 1.71 bits per heavy atom. The number of esters is 4. The van der Waals surface area contributed by atoms with Crippen LogP contribution in [0.25, 0.3) is 0 Å². The van der Waals surface area contributed by atoms with E-state index in [1.54, 1.807) is 41.5 Å². The number of carbonyl (C=O) groups is 4. The number of hydrogen-bond acceptors (Lipinski definition) is 9. The highest BCUT2D eigenvalue weighted by atomic mass is 16.7. The van der Waals surface area contributed by atoms with Gasteiger partial charge in [0.25, 0.3) is 0 Å². The van der Waals surface area contributed by atoms with Crippen LogP contribution in [-0.2, 0) is 42.9 Å². The number of rotatable bonds is 7. The molecule has 9 nitrogen and oxygen atoms in total. The normalized spacial score (nSPS) is 24.8. The molecule has 0 amide bonds. The van der Waals surface area contributed by atoms with Crippen molar-refractivity contribution in [2.45, 2.75) is 72.6 Å². The zero-order chi connectivity index (χ0) is 21.6. The Hall–Kier alpha value is -2.16. The predicted molar refractivity (Wildman–Crippen MR) is 95.7 cm³/mol. The minimum atomic E-state index is -1.42. The molecule has 1 rings (SSSR count). The van der Waals surface area contributed by atoms with Gasteiger partial charge in [0.05, 0.1) is 24.9 Å². The molecule has 0 saturated carbocycles. The van der Waals surface area contributed by atoms with E-state index in [1.807, 2.05) is 0 Å². The second kappa shape index (κ2) is 10.4. The Morgan fingerprint density at radius 2 is 1.25 bits per heavy atom. The van der Waals surface area contributed by atoms with Crippen molar-refractivity contribution < 1.29 is 42.9 Å². The second-order valence-corrected chi connectivity index (χ2v) is 7.53. The van der Waals surface area contributed by atoms with Gasteiger partial charge in [-0.1, -0.05) is 41.5 Å². The molecular formula is C19H30O9. The van der Waals surface area contributed by atoms with Crippen LogP contribution in [0.3, 0.4) is 0 Å². The molecule has 0 radical (unpaired) electrons. The molecule has 0 unspecified atom stereocenters. The van der Waals surface area contributed by atoms with E-state index in [0.717, 1.165) is 0 Å². The van der Waals surface area contributed by atoms with E-state index in [0.29, 0.717) is 0 Å². The molecule has 1 fully saturated rings. The van der Waals surface area contributed by atoms with E-state index in [1.165, 1.54) is 7.11 Å². The molecule has 0 spiro atoms. The SMILES string of the molecule is COC(=O)[C@@H]1C[C@H](OC(=O)C(C)C)[C@@H](OC(=O)C(C)C)[C@H](OC(=O)C(C)C)O1. The summed E-state index contributed by atoms with van der Waals surface area (Å²) in [6.45, 7) is 9.79. The molecule has 160 valence electrons. The summed E-state index contributed by atoms with van der Waals surface area (Å²) in [5.41, 5.74) is 0. The van der Waals surface area contributed by atoms with Crippen LogP contribution in [-0.4, -0.2) is 55.6 Å². The maximum Gasteiger partial charge on any atom is 0.335 e. The molecule has 0 aromatic heterocycles. The molecule has 1 heterocycles. The molecular weight excluding hydrogens is 372 g/mol. The average Bonchev–Trinajstić information content (AvgIpc) is 2.62. The Balaban J connectivity index is 3.20. The topological polar surface area (TPSA) is 114 Å². The standard InChI is InChI=1S/C19H30O9/c1-9(2)15(20)25-12-8-13(18(23)24-7)26-19(28-17(22)11(5)6)14(12)27-16(21)10(3)4/h9-14,19H,8H2,1-7H3/t12-,13-,14+,19-/m0/s1. The summed E-state index contributed by atoms with van der Waals surface area (Å²) < 4.78 is 26.4. The largest absolute Gasteiger partial charge is 0.467 e. The molecule has 0 aromatic carbocycles. The van der Waals surface area contributed by atoms with Crippen molar-refractivity contribution in [3.63, 3.8) is 0 Å². The van der Waals surface area contributed by atoms with Crippen molar-refractivity contribution in [1.29, 1.82) is 0 Å². The Morgan fingerprint density at radius 1 is 0.786 bits per heavy atom. The van der Waals surface area contributed by atoms with Gasteiger partial charge in [-0.05, 0) is 0 Å². The molecule has 4 atom stereocenters. The maximum atomic E-state index is 12.2. The van der Waals surface area contributed by atoms with Crippen LogP contribution >= 0.6 is 0 Å². The van der Waals surface area contributed by atoms with Crippen LogP contribution in [0, 0.1) is 17.8 Å². The first-order valence-electron chi connectivity index (χ1n) is 9.32. The van der Waals surface area contributed by atoms with Crippen molar-refractivity contribution in [3.8, 4) is 0 Å². The molecule has 0 aliphatic carbocycles. The molecule has 0 N–H and O–H groups in total. The predicted octanol–water partition coefficient (Wildman–Crippen LogP) is 1.61. The highest BCUT2D eigenvalue weighted by Gasteiger charge is 2.48. The summed E-state index contributed by atoms with van der Waals surface area (Å²) in [5, 5.41) is 0. The van der Waals surface area contributed by atoms with Gasteiger partial charge in [-0.3, -0.25) is 14.4 Å². The highest BCUT2D eigenvalue weighted by Crippen LogP contribution is 2.29. The first-order valence-corrected chi connectivity index (χ1v) is 9.32. The molecule has 0 bridgehead atoms. The van der Waals surface area contributed by atoms with E-state index in [9.17, 15) is 19.2 Å². The number of carbonyl (C=O) groups excluding carboxylic acids is 4. The molecule has 28 heavy (non-hydrogen) atoms. The van der Waals surface area contributed by atoms with Gasteiger partial charge in [-0.25, -0.2) is 4.79 Å². The monoisotopic (exact) mass is 402 g/mol. The quantitative estimate of drug-likeness (QED) is 0.463. The zero-order valence-electron chi connectivity index (χ0n) is 17.4. The Kier molecular flexibility index (Phi) is 8.87. The summed E-state index contributed by atoms with van der Waals surface area (Å²) >= 11 is 0. The lowest BCUT2D eigenvalue weighted by atomic mass is 10.0. The lowest BCUT2D eigenvalue weighted by molar-refractivity contribution is -0.270. The number of hydrogen-bond donors (Lipinski definition) is 0. The maximum absolute atomic E-state index is 12.2. The fourth-order valence-corrected chi connectivity index (χ4v) is 2.25. The van der Waals surface area contributed by atoms with Gasteiger partial charge in [-0.2, -0.15) is 0 Å². The molecule has 1 saturated heterocycles. The molecule has 9 heteroatoms. The zero-order valence-corrected chi connectivity index (χ0v) is 17.4. The third-order valence-electron chi connectivity index (χ3n) is 4.01. The van der Waals surface area contributed by atoms with Crippen molar-refractivity contribution >= 4 is 23.9 Å². The van der Waals surface area contributed by atoms with Gasteiger partial charge >= 0.3 is 23.9 Å². The van der Waals surface area contributed by atoms with Crippen LogP contribution in [0.15, 0.2) is 0 Å². The van der Waals surface area contributed by atoms with E-state index in [4.69, 9.17) is 23.7 Å². The van der Waals surface area contributed by atoms with Gasteiger partial charge < -0.3 is 23.7 Å². The average molecular weight is 402 g/mol. The van der Waals surface area contributed by atoms with Crippen LogP contribution in [0.4, 0.5) is 0 Å². The van der Waals surface area contributed by atoms with Crippen LogP contribution in [0.5, 0.6) is 0 Å². The number of ether oxygens (including phenoxy) is 5. The minimum Gasteiger partial charge on any atom is -0.467 e. The molecule has 0 aromatic rings. The van der Waals surface area contributed by atoms with Gasteiger partial charge in [-0.15, -0.1) is 0 Å². The minimum absolute atomic E-state index is 0.100. The molecule has 1 aliphatic heterocycles. The summed E-state index contributed by atoms with van der Waals surface area (Å²) in [6.07, 6.45) is -4.91. The molecule has 1 aliphatic rings. The third-order valence-corrected chi connectivity index (χ3v) is 4.01. The van der Waals surface area contributed by atoms with Gasteiger partial charge in [0, 0.05) is 6.42 Å². The summed E-state index contributed by atoms with van der Waals surface area (Å²) in [6, 6.07) is 0. The highest BCUT2D eigenvalue weighted by molar-refractivity contribution is 5.76. The van der Waals surface area contributed by atoms with E-state index in [2.05, 4.69) is 0 Å². The Bertz CT molecular complexity index is 550. The van der Waals surface area contributed by atoms with Gasteiger partial charge in [0.15, 0.2) is 6.10 Å². The smallest absolute Gasteiger partial charge is 0.335 e. The lowest BCUT2D eigenvalue weighted by Crippen LogP contribution is -2.56. The van der Waals surface area contributed by atoms with Crippen LogP contribution < -0.4 is 0 Å². The van der Waals surface area contributed by atoms with E-state index < -0.39 is 66.2 Å². The van der Waals surface area contributed by atoms with Crippen LogP contribution in [0.1, 0.15) is 48.0 Å². The van der Waals surface area contributed by atoms with Crippen molar-refractivity contribution in [1.82, 2.24) is 0 Å². The fraction of sp³-hybridized carbons (Fsp3) is 0.789. The van der Waals surface area contributed by atoms with E-state index in [-0.39, 0.29) is 6.42 Å². The fourth-order valence-electron chi connectivity index (χ4n) is 2.25. The van der Waals surface area contributed by atoms with Crippen molar-refractivity contribution in [2.24, 2.45) is 17.8 Å². The van der Waals surface area contributed by atoms with Crippen LogP contribution in [0.2, 0.25) is 0 Å². The second-order valence-electron chi connectivity index (χ2n) is 7.53. The number of methoxy groups -OCH3 is 1.